The average molecular weight is 193 g/mol. The number of nitrogens with zero attached hydrogens (tertiary/aromatic N) is 1. The van der Waals surface area contributed by atoms with Crippen LogP contribution >= 0.6 is 0 Å². The van der Waals surface area contributed by atoms with Crippen LogP contribution in [0.1, 0.15) is 25.7 Å². The third-order valence-corrected chi connectivity index (χ3v) is 2.35. The maximum atomic E-state index is 10.4. The van der Waals surface area contributed by atoms with Gasteiger partial charge in [0.2, 0.25) is 0 Å². The van der Waals surface area contributed by atoms with E-state index >= 15 is 0 Å². The highest BCUT2D eigenvalue weighted by atomic mass is 32.3. The first kappa shape index (κ1) is 8.43. The Morgan fingerprint density at radius 1 is 1.17 bits per heavy atom. The van der Waals surface area contributed by atoms with Gasteiger partial charge in [-0.3, -0.25) is 4.55 Å². The van der Waals surface area contributed by atoms with E-state index in [-0.39, 0.29) is 12.1 Å². The lowest BCUT2D eigenvalue weighted by Crippen LogP contribution is -2.31. The summed E-state index contributed by atoms with van der Waals surface area (Å²) in [5, 5.41) is 1.43. The first-order chi connectivity index (χ1) is 5.56. The second kappa shape index (κ2) is 2.66. The fourth-order valence-corrected chi connectivity index (χ4v) is 1.65. The van der Waals surface area contributed by atoms with Gasteiger partial charge in [0.25, 0.3) is 0 Å². The maximum absolute atomic E-state index is 10.4. The Balaban J connectivity index is 1.96. The predicted molar refractivity (Wildman–Crippen MR) is 40.5 cm³/mol. The van der Waals surface area contributed by atoms with Crippen LogP contribution in [0.25, 0.3) is 0 Å². The molecule has 0 aliphatic heterocycles. The topological polar surface area (TPSA) is 66.8 Å². The predicted octanol–water partition coefficient (Wildman–Crippen LogP) is 0.348. The number of rotatable bonds is 4. The summed E-state index contributed by atoms with van der Waals surface area (Å²) < 4.78 is 33.7. The van der Waals surface area contributed by atoms with Gasteiger partial charge in [-0.15, -0.1) is 0 Å². The quantitative estimate of drug-likeness (QED) is 0.515. The van der Waals surface area contributed by atoms with E-state index in [0.717, 1.165) is 25.7 Å². The molecule has 6 heteroatoms. The van der Waals surface area contributed by atoms with Crippen LogP contribution < -0.4 is 0 Å². The van der Waals surface area contributed by atoms with Crippen LogP contribution in [-0.2, 0) is 14.7 Å². The summed E-state index contributed by atoms with van der Waals surface area (Å²) in [6.45, 7) is 0. The summed E-state index contributed by atoms with van der Waals surface area (Å²) >= 11 is 0. The van der Waals surface area contributed by atoms with Gasteiger partial charge in [-0.2, -0.15) is 17.8 Å². The van der Waals surface area contributed by atoms with Gasteiger partial charge in [0.05, 0.1) is 0 Å². The summed E-state index contributed by atoms with van der Waals surface area (Å²) in [5.41, 5.74) is 0. The summed E-state index contributed by atoms with van der Waals surface area (Å²) in [5.74, 6) is 0. The summed E-state index contributed by atoms with van der Waals surface area (Å²) in [6, 6.07) is 0.416. The Labute approximate surface area is 71.2 Å². The molecule has 2 aliphatic rings. The van der Waals surface area contributed by atoms with Gasteiger partial charge in [0.15, 0.2) is 0 Å². The van der Waals surface area contributed by atoms with E-state index in [4.69, 9.17) is 4.55 Å². The Kier molecular flexibility index (Phi) is 1.87. The molecule has 12 heavy (non-hydrogen) atoms. The van der Waals surface area contributed by atoms with Crippen molar-refractivity contribution in [2.45, 2.75) is 37.8 Å². The van der Waals surface area contributed by atoms with E-state index in [9.17, 15) is 8.42 Å². The van der Waals surface area contributed by atoms with Gasteiger partial charge in [0, 0.05) is 12.1 Å². The zero-order valence-corrected chi connectivity index (χ0v) is 7.33. The van der Waals surface area contributed by atoms with Crippen molar-refractivity contribution in [1.82, 2.24) is 5.06 Å². The molecule has 0 atom stereocenters. The molecule has 2 fully saturated rings. The number of hydrogen-bond acceptors (Lipinski definition) is 4. The summed E-state index contributed by atoms with van der Waals surface area (Å²) in [6.07, 6.45) is 3.86. The van der Waals surface area contributed by atoms with E-state index in [1.807, 2.05) is 0 Å². The summed E-state index contributed by atoms with van der Waals surface area (Å²) in [4.78, 5) is 0. The SMILES string of the molecule is O=S(=O)(O)ON(C1CC1)C1CC1. The molecule has 0 bridgehead atoms. The van der Waals surface area contributed by atoms with Crippen molar-refractivity contribution >= 4 is 10.4 Å². The molecule has 0 radical (unpaired) electrons. The normalized spacial score (nSPS) is 24.8. The van der Waals surface area contributed by atoms with E-state index in [1.54, 1.807) is 0 Å². The molecule has 0 saturated heterocycles. The van der Waals surface area contributed by atoms with Crippen LogP contribution in [0.3, 0.4) is 0 Å². The number of hydrogen-bond donors (Lipinski definition) is 1. The molecule has 2 aliphatic carbocycles. The minimum Gasteiger partial charge on any atom is -0.262 e. The Hall–Kier alpha value is -0.170. The third kappa shape index (κ3) is 2.16. The number of hydroxylamine groups is 2. The zero-order chi connectivity index (χ0) is 8.77. The molecule has 1 N–H and O–H groups in total. The van der Waals surface area contributed by atoms with Crippen molar-refractivity contribution in [1.29, 1.82) is 0 Å². The van der Waals surface area contributed by atoms with E-state index in [1.165, 1.54) is 5.06 Å². The van der Waals surface area contributed by atoms with E-state index in [2.05, 4.69) is 4.28 Å². The molecule has 0 aromatic rings. The molecular formula is C6H11NO4S. The maximum Gasteiger partial charge on any atom is 0.413 e. The van der Waals surface area contributed by atoms with Crippen LogP contribution in [-0.4, -0.2) is 30.1 Å². The molecular weight excluding hydrogens is 182 g/mol. The van der Waals surface area contributed by atoms with E-state index < -0.39 is 10.4 Å². The van der Waals surface area contributed by atoms with Gasteiger partial charge in [-0.1, -0.05) is 0 Å². The highest BCUT2D eigenvalue weighted by Crippen LogP contribution is 2.37. The van der Waals surface area contributed by atoms with Gasteiger partial charge in [0.1, 0.15) is 0 Å². The van der Waals surface area contributed by atoms with Gasteiger partial charge < -0.3 is 0 Å². The first-order valence-electron chi connectivity index (χ1n) is 4.01. The molecule has 70 valence electrons. The minimum atomic E-state index is -4.31. The first-order valence-corrected chi connectivity index (χ1v) is 5.38. The lowest BCUT2D eigenvalue weighted by atomic mass is 10.6. The van der Waals surface area contributed by atoms with Gasteiger partial charge in [-0.25, -0.2) is 0 Å². The molecule has 0 amide bonds. The van der Waals surface area contributed by atoms with E-state index in [0.29, 0.717) is 0 Å². The van der Waals surface area contributed by atoms with Crippen molar-refractivity contribution in [3.05, 3.63) is 0 Å². The van der Waals surface area contributed by atoms with Crippen LogP contribution in [0.2, 0.25) is 0 Å². The Morgan fingerprint density at radius 2 is 1.58 bits per heavy atom. The monoisotopic (exact) mass is 193 g/mol. The average Bonchev–Trinajstić information content (AvgIpc) is 2.78. The zero-order valence-electron chi connectivity index (χ0n) is 6.51. The Bertz CT molecular complexity index is 255. The molecule has 0 spiro atoms. The third-order valence-electron chi connectivity index (χ3n) is 1.99. The second-order valence-electron chi connectivity index (χ2n) is 3.32. The van der Waals surface area contributed by atoms with Gasteiger partial charge in [-0.05, 0) is 25.7 Å². The molecule has 2 saturated carbocycles. The standard InChI is InChI=1S/C6H11NO4S/c8-12(9,10)11-7(5-1-2-5)6-3-4-6/h5-6H,1-4H2,(H,8,9,10). The molecule has 0 aromatic heterocycles. The lowest BCUT2D eigenvalue weighted by Gasteiger charge is -2.17. The highest BCUT2D eigenvalue weighted by Gasteiger charge is 2.42. The molecule has 0 unspecified atom stereocenters. The van der Waals surface area contributed by atoms with Crippen molar-refractivity contribution in [2.75, 3.05) is 0 Å². The van der Waals surface area contributed by atoms with Crippen molar-refractivity contribution in [3.8, 4) is 0 Å². The van der Waals surface area contributed by atoms with Crippen LogP contribution in [0.5, 0.6) is 0 Å². The Morgan fingerprint density at radius 3 is 1.83 bits per heavy atom. The molecule has 2 rings (SSSR count). The van der Waals surface area contributed by atoms with Gasteiger partial charge >= 0.3 is 10.4 Å². The molecule has 0 heterocycles. The largest absolute Gasteiger partial charge is 0.413 e. The second-order valence-corrected chi connectivity index (χ2v) is 4.33. The minimum absolute atomic E-state index is 0.208. The molecule has 0 aromatic carbocycles. The van der Waals surface area contributed by atoms with Crippen molar-refractivity contribution in [2.24, 2.45) is 0 Å². The fourth-order valence-electron chi connectivity index (χ4n) is 1.19. The van der Waals surface area contributed by atoms with Crippen molar-refractivity contribution < 1.29 is 17.3 Å². The summed E-state index contributed by atoms with van der Waals surface area (Å²) in [7, 11) is -4.31. The van der Waals surface area contributed by atoms with Crippen LogP contribution in [0.4, 0.5) is 0 Å². The smallest absolute Gasteiger partial charge is 0.262 e. The molecule has 5 nitrogen and oxygen atoms in total. The van der Waals surface area contributed by atoms with Crippen LogP contribution in [0.15, 0.2) is 0 Å². The van der Waals surface area contributed by atoms with Crippen LogP contribution in [0, 0.1) is 0 Å². The van der Waals surface area contributed by atoms with Crippen molar-refractivity contribution in [3.63, 3.8) is 0 Å². The highest BCUT2D eigenvalue weighted by molar-refractivity contribution is 7.80. The lowest BCUT2D eigenvalue weighted by molar-refractivity contribution is -0.0782. The fraction of sp³-hybridized carbons (Fsp3) is 1.00.